The van der Waals surface area contributed by atoms with Gasteiger partial charge < -0.3 is 20.0 Å². The Morgan fingerprint density at radius 1 is 1.10 bits per heavy atom. The SMILES string of the molecule is CN1CCN(c2cccc(C(=O)N3Cc4[nH]nc(N5CCNC5=O)c4C3)c2)CC1. The van der Waals surface area contributed by atoms with E-state index in [2.05, 4.69) is 38.4 Å². The van der Waals surface area contributed by atoms with Crippen molar-refractivity contribution >= 4 is 23.4 Å². The van der Waals surface area contributed by atoms with Crippen LogP contribution in [0, 0.1) is 0 Å². The number of carbonyl (C=O) groups excluding carboxylic acids is 2. The fraction of sp³-hybridized carbons (Fsp3) is 0.450. The molecule has 2 aromatic rings. The first-order chi connectivity index (χ1) is 14.1. The molecule has 5 rings (SSSR count). The van der Waals surface area contributed by atoms with Crippen LogP contribution in [-0.4, -0.2) is 78.3 Å². The molecule has 152 valence electrons. The van der Waals surface area contributed by atoms with Crippen molar-refractivity contribution in [2.75, 3.05) is 56.1 Å². The minimum Gasteiger partial charge on any atom is -0.369 e. The highest BCUT2D eigenvalue weighted by molar-refractivity contribution is 5.96. The monoisotopic (exact) mass is 395 g/mol. The molecule has 3 amide bonds. The van der Waals surface area contributed by atoms with Gasteiger partial charge in [0.05, 0.1) is 18.8 Å². The quantitative estimate of drug-likeness (QED) is 0.805. The molecule has 2 N–H and O–H groups in total. The van der Waals surface area contributed by atoms with Crippen LogP contribution in [0.3, 0.4) is 0 Å². The molecule has 29 heavy (non-hydrogen) atoms. The largest absolute Gasteiger partial charge is 0.369 e. The molecule has 9 nitrogen and oxygen atoms in total. The van der Waals surface area contributed by atoms with Gasteiger partial charge in [0, 0.05) is 56.1 Å². The van der Waals surface area contributed by atoms with Gasteiger partial charge in [0.25, 0.3) is 5.91 Å². The van der Waals surface area contributed by atoms with Crippen molar-refractivity contribution in [1.29, 1.82) is 0 Å². The zero-order chi connectivity index (χ0) is 20.0. The van der Waals surface area contributed by atoms with Crippen molar-refractivity contribution in [3.8, 4) is 0 Å². The van der Waals surface area contributed by atoms with E-state index in [0.717, 1.165) is 43.1 Å². The Morgan fingerprint density at radius 2 is 1.93 bits per heavy atom. The van der Waals surface area contributed by atoms with Crippen LogP contribution in [0.25, 0.3) is 0 Å². The lowest BCUT2D eigenvalue weighted by atomic mass is 10.1. The Labute approximate surface area is 169 Å². The summed E-state index contributed by atoms with van der Waals surface area (Å²) >= 11 is 0. The van der Waals surface area contributed by atoms with Crippen molar-refractivity contribution in [3.05, 3.63) is 41.1 Å². The highest BCUT2D eigenvalue weighted by Crippen LogP contribution is 2.31. The molecule has 0 spiro atoms. The van der Waals surface area contributed by atoms with Gasteiger partial charge >= 0.3 is 6.03 Å². The van der Waals surface area contributed by atoms with Crippen LogP contribution >= 0.6 is 0 Å². The summed E-state index contributed by atoms with van der Waals surface area (Å²) in [6.45, 7) is 6.14. The summed E-state index contributed by atoms with van der Waals surface area (Å²) < 4.78 is 0. The third kappa shape index (κ3) is 3.21. The summed E-state index contributed by atoms with van der Waals surface area (Å²) in [5.41, 5.74) is 3.63. The van der Waals surface area contributed by atoms with Crippen molar-refractivity contribution in [2.24, 2.45) is 0 Å². The molecule has 0 unspecified atom stereocenters. The van der Waals surface area contributed by atoms with Crippen LogP contribution in [0.2, 0.25) is 0 Å². The maximum atomic E-state index is 13.2. The van der Waals surface area contributed by atoms with E-state index in [1.807, 2.05) is 23.1 Å². The van der Waals surface area contributed by atoms with Gasteiger partial charge in [-0.2, -0.15) is 5.10 Å². The van der Waals surface area contributed by atoms with Crippen LogP contribution in [0.1, 0.15) is 21.6 Å². The maximum Gasteiger partial charge on any atom is 0.323 e. The zero-order valence-electron chi connectivity index (χ0n) is 16.5. The molecule has 3 aliphatic rings. The highest BCUT2D eigenvalue weighted by atomic mass is 16.2. The standard InChI is InChI=1S/C20H25N7O2/c1-24-7-9-25(10-8-24)15-4-2-3-14(11-15)19(28)26-12-16-17(13-26)22-23-18(16)27-6-5-21-20(27)29/h2-4,11H,5-10,12-13H2,1H3,(H,21,29)(H,22,23). The molecule has 0 saturated carbocycles. The predicted octanol–water partition coefficient (Wildman–Crippen LogP) is 0.847. The van der Waals surface area contributed by atoms with Crippen molar-refractivity contribution in [1.82, 2.24) is 25.3 Å². The average molecular weight is 395 g/mol. The molecular formula is C20H25N7O2. The van der Waals surface area contributed by atoms with Crippen molar-refractivity contribution in [2.45, 2.75) is 13.1 Å². The Morgan fingerprint density at radius 3 is 2.69 bits per heavy atom. The van der Waals surface area contributed by atoms with Crippen LogP contribution in [0.4, 0.5) is 16.3 Å². The third-order valence-electron chi connectivity index (χ3n) is 5.99. The number of carbonyl (C=O) groups is 2. The van der Waals surface area contributed by atoms with E-state index in [9.17, 15) is 9.59 Å². The Bertz CT molecular complexity index is 948. The molecule has 1 aromatic heterocycles. The van der Waals surface area contributed by atoms with Gasteiger partial charge in [-0.3, -0.25) is 14.8 Å². The third-order valence-corrected chi connectivity index (χ3v) is 5.99. The van der Waals surface area contributed by atoms with Gasteiger partial charge in [0.2, 0.25) is 0 Å². The number of aromatic nitrogens is 2. The van der Waals surface area contributed by atoms with Gasteiger partial charge in [-0.25, -0.2) is 4.79 Å². The number of likely N-dealkylation sites (N-methyl/N-ethyl adjacent to an activating group) is 1. The molecular weight excluding hydrogens is 370 g/mol. The van der Waals surface area contributed by atoms with Gasteiger partial charge in [0.15, 0.2) is 5.82 Å². The van der Waals surface area contributed by atoms with E-state index in [1.54, 1.807) is 4.90 Å². The van der Waals surface area contributed by atoms with Gasteiger partial charge in [0.1, 0.15) is 0 Å². The number of rotatable bonds is 3. The van der Waals surface area contributed by atoms with E-state index in [4.69, 9.17) is 0 Å². The van der Waals surface area contributed by atoms with Gasteiger partial charge in [-0.15, -0.1) is 0 Å². The summed E-state index contributed by atoms with van der Waals surface area (Å²) in [5, 5.41) is 10.1. The van der Waals surface area contributed by atoms with E-state index >= 15 is 0 Å². The number of benzene rings is 1. The first-order valence-corrected chi connectivity index (χ1v) is 10.0. The lowest BCUT2D eigenvalue weighted by Gasteiger charge is -2.34. The summed E-state index contributed by atoms with van der Waals surface area (Å²) in [6, 6.07) is 7.76. The number of nitrogens with zero attached hydrogens (tertiary/aromatic N) is 5. The number of H-pyrrole nitrogens is 1. The summed E-state index contributed by atoms with van der Waals surface area (Å²) in [5.74, 6) is 0.638. The maximum absolute atomic E-state index is 13.2. The molecule has 2 fully saturated rings. The fourth-order valence-corrected chi connectivity index (χ4v) is 4.25. The van der Waals surface area contributed by atoms with Crippen molar-refractivity contribution < 1.29 is 9.59 Å². The smallest absolute Gasteiger partial charge is 0.323 e. The molecule has 2 saturated heterocycles. The lowest BCUT2D eigenvalue weighted by Crippen LogP contribution is -2.44. The summed E-state index contributed by atoms with van der Waals surface area (Å²) in [6.07, 6.45) is 0. The molecule has 0 bridgehead atoms. The number of hydrogen-bond acceptors (Lipinski definition) is 5. The van der Waals surface area contributed by atoms with Crippen LogP contribution in [-0.2, 0) is 13.1 Å². The van der Waals surface area contributed by atoms with Crippen LogP contribution < -0.4 is 15.1 Å². The minimum atomic E-state index is -0.135. The lowest BCUT2D eigenvalue weighted by molar-refractivity contribution is 0.0749. The first kappa shape index (κ1) is 18.0. The van der Waals surface area contributed by atoms with Crippen LogP contribution in [0.5, 0.6) is 0 Å². The zero-order valence-corrected chi connectivity index (χ0v) is 16.5. The highest BCUT2D eigenvalue weighted by Gasteiger charge is 2.34. The molecule has 3 aliphatic heterocycles. The molecule has 4 heterocycles. The molecule has 9 heteroatoms. The molecule has 1 aromatic carbocycles. The number of fused-ring (bicyclic) bond motifs is 1. The summed E-state index contributed by atoms with van der Waals surface area (Å²) in [4.78, 5) is 33.3. The van der Waals surface area contributed by atoms with E-state index in [1.165, 1.54) is 0 Å². The normalized spacial score (nSPS) is 19.6. The second-order valence-electron chi connectivity index (χ2n) is 7.89. The van der Waals surface area contributed by atoms with Gasteiger partial charge in [-0.05, 0) is 25.2 Å². The van der Waals surface area contributed by atoms with Crippen LogP contribution in [0.15, 0.2) is 24.3 Å². The number of hydrogen-bond donors (Lipinski definition) is 2. The van der Waals surface area contributed by atoms with Crippen molar-refractivity contribution in [3.63, 3.8) is 0 Å². The first-order valence-electron chi connectivity index (χ1n) is 10.0. The molecule has 0 atom stereocenters. The fourth-order valence-electron chi connectivity index (χ4n) is 4.25. The number of nitrogens with one attached hydrogen (secondary N) is 2. The number of amides is 3. The number of urea groups is 1. The van der Waals surface area contributed by atoms with E-state index in [-0.39, 0.29) is 11.9 Å². The number of piperazine rings is 1. The molecule has 0 radical (unpaired) electrons. The summed E-state index contributed by atoms with van der Waals surface area (Å²) in [7, 11) is 2.13. The topological polar surface area (TPSA) is 87.8 Å². The second-order valence-corrected chi connectivity index (χ2v) is 7.89. The minimum absolute atomic E-state index is 0.00222. The number of aromatic amines is 1. The second kappa shape index (κ2) is 7.07. The Kier molecular flexibility index (Phi) is 4.39. The Balaban J connectivity index is 1.32. The molecule has 0 aliphatic carbocycles. The predicted molar refractivity (Wildman–Crippen MR) is 109 cm³/mol. The number of anilines is 2. The van der Waals surface area contributed by atoms with E-state index in [0.29, 0.717) is 37.6 Å². The van der Waals surface area contributed by atoms with Gasteiger partial charge in [-0.1, -0.05) is 6.07 Å². The Hall–Kier alpha value is -3.07. The average Bonchev–Trinajstić information content (AvgIpc) is 3.44. The van der Waals surface area contributed by atoms with E-state index < -0.39 is 0 Å².